The number of aryl methyl sites for hydroxylation is 1. The summed E-state index contributed by atoms with van der Waals surface area (Å²) >= 11 is 0. The molecule has 16 heavy (non-hydrogen) atoms. The Morgan fingerprint density at radius 1 is 1.44 bits per heavy atom. The number of benzene rings is 1. The van der Waals surface area contributed by atoms with Crippen LogP contribution in [0.25, 0.3) is 0 Å². The SMILES string of the molecule is Cc1ccc(F)c(C2(N)CCCC(C)C2)c1. The first-order valence-corrected chi connectivity index (χ1v) is 6.07. The summed E-state index contributed by atoms with van der Waals surface area (Å²) in [6, 6.07) is 5.25. The van der Waals surface area contributed by atoms with E-state index < -0.39 is 5.54 Å². The molecule has 0 aromatic heterocycles. The zero-order valence-electron chi connectivity index (χ0n) is 10.1. The lowest BCUT2D eigenvalue weighted by Gasteiger charge is -2.37. The minimum absolute atomic E-state index is 0.151. The van der Waals surface area contributed by atoms with Crippen LogP contribution in [0.15, 0.2) is 18.2 Å². The van der Waals surface area contributed by atoms with E-state index in [1.807, 2.05) is 13.0 Å². The van der Waals surface area contributed by atoms with Crippen molar-refractivity contribution in [3.63, 3.8) is 0 Å². The van der Waals surface area contributed by atoms with E-state index in [1.165, 1.54) is 6.42 Å². The van der Waals surface area contributed by atoms with Crippen molar-refractivity contribution in [2.75, 3.05) is 0 Å². The molecule has 2 unspecified atom stereocenters. The van der Waals surface area contributed by atoms with Gasteiger partial charge in [0.2, 0.25) is 0 Å². The summed E-state index contributed by atoms with van der Waals surface area (Å²) in [5, 5.41) is 0. The largest absolute Gasteiger partial charge is 0.321 e. The first-order chi connectivity index (χ1) is 7.51. The van der Waals surface area contributed by atoms with Crippen molar-refractivity contribution < 1.29 is 4.39 Å². The van der Waals surface area contributed by atoms with Gasteiger partial charge in [-0.25, -0.2) is 4.39 Å². The summed E-state index contributed by atoms with van der Waals surface area (Å²) < 4.78 is 13.8. The lowest BCUT2D eigenvalue weighted by Crippen LogP contribution is -2.41. The fraction of sp³-hybridized carbons (Fsp3) is 0.571. The van der Waals surface area contributed by atoms with E-state index in [9.17, 15) is 4.39 Å². The highest BCUT2D eigenvalue weighted by Crippen LogP contribution is 2.38. The van der Waals surface area contributed by atoms with E-state index in [2.05, 4.69) is 6.92 Å². The molecule has 1 nitrogen and oxygen atoms in total. The number of hydrogen-bond donors (Lipinski definition) is 1. The zero-order valence-corrected chi connectivity index (χ0v) is 10.1. The smallest absolute Gasteiger partial charge is 0.128 e. The summed E-state index contributed by atoms with van der Waals surface area (Å²) in [6.07, 6.45) is 4.11. The van der Waals surface area contributed by atoms with Crippen molar-refractivity contribution in [2.24, 2.45) is 11.7 Å². The lowest BCUT2D eigenvalue weighted by atomic mass is 9.73. The zero-order chi connectivity index (χ0) is 11.8. The Kier molecular flexibility index (Phi) is 3.02. The average Bonchev–Trinajstić information content (AvgIpc) is 2.21. The van der Waals surface area contributed by atoms with E-state index in [0.717, 1.165) is 24.8 Å². The van der Waals surface area contributed by atoms with Gasteiger partial charge in [0.25, 0.3) is 0 Å². The van der Waals surface area contributed by atoms with Crippen LogP contribution in [0, 0.1) is 18.7 Å². The molecule has 1 saturated carbocycles. The van der Waals surface area contributed by atoms with E-state index in [-0.39, 0.29) is 5.82 Å². The third-order valence-electron chi connectivity index (χ3n) is 3.69. The molecule has 0 bridgehead atoms. The van der Waals surface area contributed by atoms with E-state index in [4.69, 9.17) is 5.73 Å². The standard InChI is InChI=1S/C14H20FN/c1-10-5-6-13(15)12(8-10)14(16)7-3-4-11(2)9-14/h5-6,8,11H,3-4,7,9,16H2,1-2H3. The summed E-state index contributed by atoms with van der Waals surface area (Å²) in [4.78, 5) is 0. The molecule has 1 fully saturated rings. The molecule has 2 atom stereocenters. The molecule has 0 spiro atoms. The second-order valence-corrected chi connectivity index (χ2v) is 5.34. The van der Waals surface area contributed by atoms with Crippen LogP contribution in [0.5, 0.6) is 0 Å². The van der Waals surface area contributed by atoms with Crippen LogP contribution < -0.4 is 5.73 Å². The molecule has 0 amide bonds. The van der Waals surface area contributed by atoms with Crippen molar-refractivity contribution >= 4 is 0 Å². The molecule has 2 rings (SSSR count). The van der Waals surface area contributed by atoms with Crippen LogP contribution in [0.1, 0.15) is 43.7 Å². The molecule has 0 heterocycles. The van der Waals surface area contributed by atoms with Crippen molar-refractivity contribution in [1.29, 1.82) is 0 Å². The predicted octanol–water partition coefficient (Wildman–Crippen LogP) is 3.50. The molecule has 2 N–H and O–H groups in total. The van der Waals surface area contributed by atoms with Crippen molar-refractivity contribution in [3.8, 4) is 0 Å². The molecule has 0 aliphatic heterocycles. The Hall–Kier alpha value is -0.890. The van der Waals surface area contributed by atoms with E-state index in [1.54, 1.807) is 12.1 Å². The van der Waals surface area contributed by atoms with Crippen LogP contribution in [-0.4, -0.2) is 0 Å². The van der Waals surface area contributed by atoms with Crippen LogP contribution in [-0.2, 0) is 5.54 Å². The van der Waals surface area contributed by atoms with E-state index >= 15 is 0 Å². The highest BCUT2D eigenvalue weighted by atomic mass is 19.1. The van der Waals surface area contributed by atoms with Gasteiger partial charge in [0.05, 0.1) is 0 Å². The Labute approximate surface area is 96.9 Å². The van der Waals surface area contributed by atoms with Gasteiger partial charge < -0.3 is 5.73 Å². The molecule has 0 saturated heterocycles. The van der Waals surface area contributed by atoms with Gasteiger partial charge in [-0.05, 0) is 31.7 Å². The van der Waals surface area contributed by atoms with Gasteiger partial charge in [0.15, 0.2) is 0 Å². The number of halogens is 1. The van der Waals surface area contributed by atoms with Crippen molar-refractivity contribution in [1.82, 2.24) is 0 Å². The fourth-order valence-corrected chi connectivity index (χ4v) is 2.86. The van der Waals surface area contributed by atoms with Gasteiger partial charge in [0, 0.05) is 11.1 Å². The Bertz CT molecular complexity index is 388. The van der Waals surface area contributed by atoms with Crippen LogP contribution in [0.4, 0.5) is 4.39 Å². The maximum atomic E-state index is 13.8. The average molecular weight is 221 g/mol. The van der Waals surface area contributed by atoms with Gasteiger partial charge in [-0.15, -0.1) is 0 Å². The molecular formula is C14H20FN. The maximum absolute atomic E-state index is 13.8. The number of hydrogen-bond acceptors (Lipinski definition) is 1. The van der Waals surface area contributed by atoms with Gasteiger partial charge in [0.1, 0.15) is 5.82 Å². The minimum atomic E-state index is -0.451. The lowest BCUT2D eigenvalue weighted by molar-refractivity contribution is 0.233. The third kappa shape index (κ3) is 2.12. The van der Waals surface area contributed by atoms with Crippen molar-refractivity contribution in [3.05, 3.63) is 35.1 Å². The molecule has 1 aliphatic carbocycles. The summed E-state index contributed by atoms with van der Waals surface area (Å²) in [6.45, 7) is 4.19. The fourth-order valence-electron chi connectivity index (χ4n) is 2.86. The Morgan fingerprint density at radius 3 is 2.88 bits per heavy atom. The normalized spacial score (nSPS) is 30.4. The molecule has 1 aliphatic rings. The first-order valence-electron chi connectivity index (χ1n) is 6.07. The van der Waals surface area contributed by atoms with Gasteiger partial charge in [-0.2, -0.15) is 0 Å². The van der Waals surface area contributed by atoms with Crippen LogP contribution in [0.3, 0.4) is 0 Å². The minimum Gasteiger partial charge on any atom is -0.321 e. The predicted molar refractivity (Wildman–Crippen MR) is 64.6 cm³/mol. The first kappa shape index (κ1) is 11.6. The third-order valence-corrected chi connectivity index (χ3v) is 3.69. The summed E-state index contributed by atoms with van der Waals surface area (Å²) in [5.74, 6) is 0.445. The van der Waals surface area contributed by atoms with E-state index in [0.29, 0.717) is 11.5 Å². The van der Waals surface area contributed by atoms with Crippen LogP contribution in [0.2, 0.25) is 0 Å². The monoisotopic (exact) mass is 221 g/mol. The number of nitrogens with two attached hydrogens (primary N) is 1. The highest BCUT2D eigenvalue weighted by molar-refractivity contribution is 5.30. The van der Waals surface area contributed by atoms with Gasteiger partial charge in [-0.3, -0.25) is 0 Å². The van der Waals surface area contributed by atoms with Gasteiger partial charge >= 0.3 is 0 Å². The number of rotatable bonds is 1. The summed E-state index contributed by atoms with van der Waals surface area (Å²) in [7, 11) is 0. The molecule has 1 aromatic rings. The van der Waals surface area contributed by atoms with Gasteiger partial charge in [-0.1, -0.05) is 37.5 Å². The second-order valence-electron chi connectivity index (χ2n) is 5.34. The maximum Gasteiger partial charge on any atom is 0.128 e. The summed E-state index contributed by atoms with van der Waals surface area (Å²) in [5.41, 5.74) is 7.74. The van der Waals surface area contributed by atoms with Crippen molar-refractivity contribution in [2.45, 2.75) is 45.1 Å². The molecule has 2 heteroatoms. The van der Waals surface area contributed by atoms with Crippen LogP contribution >= 0.6 is 0 Å². The second kappa shape index (κ2) is 4.17. The molecular weight excluding hydrogens is 201 g/mol. The Morgan fingerprint density at radius 2 is 2.19 bits per heavy atom. The topological polar surface area (TPSA) is 26.0 Å². The quantitative estimate of drug-likeness (QED) is 0.771. The Balaban J connectivity index is 2.37. The molecule has 1 aromatic carbocycles. The molecule has 0 radical (unpaired) electrons. The highest BCUT2D eigenvalue weighted by Gasteiger charge is 2.34. The molecule has 88 valence electrons.